The molecule has 19 heteroatoms. The number of hydrogen-bond acceptors (Lipinski definition) is 15. The van der Waals surface area contributed by atoms with Gasteiger partial charge < -0.3 is 33.8 Å². The number of hydrogen-bond donors (Lipinski definition) is 3. The van der Waals surface area contributed by atoms with Crippen molar-refractivity contribution in [2.75, 3.05) is 39.6 Å². The maximum Gasteiger partial charge on any atom is 0.472 e. The number of phosphoric ester groups is 2. The van der Waals surface area contributed by atoms with Crippen LogP contribution in [0.1, 0.15) is 336 Å². The van der Waals surface area contributed by atoms with E-state index in [9.17, 15) is 43.2 Å². The summed E-state index contributed by atoms with van der Waals surface area (Å²) in [7, 11) is -9.87. The van der Waals surface area contributed by atoms with Gasteiger partial charge in [-0.1, -0.05) is 285 Å². The number of aliphatic hydroxyl groups is 1. The zero-order valence-electron chi connectivity index (χ0n) is 54.7. The molecule has 0 aromatic carbocycles. The molecule has 0 aromatic heterocycles. The Morgan fingerprint density at radius 2 is 0.541 bits per heavy atom. The molecule has 3 N–H and O–H groups in total. The van der Waals surface area contributed by atoms with Crippen molar-refractivity contribution >= 4 is 39.5 Å². The number of rotatable bonds is 66. The van der Waals surface area contributed by atoms with Gasteiger partial charge in [0.1, 0.15) is 19.3 Å². The first-order chi connectivity index (χ1) is 41.0. The third-order valence-electron chi connectivity index (χ3n) is 15.3. The molecule has 5 atom stereocenters. The molecule has 0 bridgehead atoms. The van der Waals surface area contributed by atoms with E-state index >= 15 is 0 Å². The molecule has 0 fully saturated rings. The monoisotopic (exact) mass is 1250 g/mol. The lowest BCUT2D eigenvalue weighted by Crippen LogP contribution is -2.30. The maximum atomic E-state index is 13.0. The Labute approximate surface area is 517 Å². The van der Waals surface area contributed by atoms with Crippen molar-refractivity contribution in [3.05, 3.63) is 0 Å². The van der Waals surface area contributed by atoms with Gasteiger partial charge in [-0.3, -0.25) is 37.3 Å². The van der Waals surface area contributed by atoms with Crippen molar-refractivity contribution in [1.29, 1.82) is 0 Å². The second-order valence-corrected chi connectivity index (χ2v) is 27.2. The highest BCUT2D eigenvalue weighted by molar-refractivity contribution is 7.47. The van der Waals surface area contributed by atoms with Crippen LogP contribution in [0, 0.1) is 5.92 Å². The predicted octanol–water partition coefficient (Wildman–Crippen LogP) is 18.6. The molecule has 0 aliphatic rings. The van der Waals surface area contributed by atoms with Crippen molar-refractivity contribution in [3.8, 4) is 0 Å². The van der Waals surface area contributed by atoms with Crippen LogP contribution < -0.4 is 0 Å². The van der Waals surface area contributed by atoms with E-state index in [1.165, 1.54) is 141 Å². The lowest BCUT2D eigenvalue weighted by molar-refractivity contribution is -0.161. The van der Waals surface area contributed by atoms with Crippen LogP contribution in [0.5, 0.6) is 0 Å². The SMILES string of the molecule is CCCCCCCCCCCCCCCCCCCCCCCCC(=O)O[C@H](COC(=O)CCCCCCCCCC(C)C)COP(=O)(O)OC[C@@H](O)COP(=O)(O)OC[C@@H](COC(=O)CCCCCCC)OC(=O)CCCCCCCCCC. The Balaban J connectivity index is 5.03. The van der Waals surface area contributed by atoms with Gasteiger partial charge in [-0.2, -0.15) is 0 Å². The van der Waals surface area contributed by atoms with E-state index in [0.717, 1.165) is 109 Å². The number of esters is 4. The molecule has 2 unspecified atom stereocenters. The van der Waals surface area contributed by atoms with Crippen molar-refractivity contribution in [3.63, 3.8) is 0 Å². The second kappa shape index (κ2) is 59.7. The quantitative estimate of drug-likeness (QED) is 0.0222. The fraction of sp³-hybridized carbons (Fsp3) is 0.939. The van der Waals surface area contributed by atoms with Gasteiger partial charge in [0.2, 0.25) is 0 Å². The van der Waals surface area contributed by atoms with Crippen LogP contribution in [0.15, 0.2) is 0 Å². The lowest BCUT2D eigenvalue weighted by Gasteiger charge is -2.21. The van der Waals surface area contributed by atoms with Crippen LogP contribution in [0.3, 0.4) is 0 Å². The number of carbonyl (C=O) groups is 4. The van der Waals surface area contributed by atoms with Crippen molar-refractivity contribution in [2.24, 2.45) is 5.92 Å². The first kappa shape index (κ1) is 83.1. The molecule has 0 aliphatic heterocycles. The van der Waals surface area contributed by atoms with Gasteiger partial charge in [0, 0.05) is 25.7 Å². The average molecular weight is 1260 g/mol. The molecule has 0 heterocycles. The molecule has 504 valence electrons. The molecular weight excluding hydrogens is 1130 g/mol. The standard InChI is InChI=1S/C66H128O17P2/c1-6-9-12-15-17-19-20-21-22-23-24-25-26-27-28-29-30-31-32-36-42-47-52-66(71)83-62(56-77-64(69)50-45-40-37-33-34-39-43-48-59(4)5)58-81-85(74,75)79-54-60(67)53-78-84(72,73)80-57-61(55-76-63(68)49-44-38-14-11-8-3)82-65(70)51-46-41-35-18-16-13-10-7-2/h59-62,67H,6-58H2,1-5H3,(H,72,73)(H,74,75)/t60-,61+,62+/m0/s1. The maximum absolute atomic E-state index is 13.0. The summed E-state index contributed by atoms with van der Waals surface area (Å²) >= 11 is 0. The van der Waals surface area contributed by atoms with Gasteiger partial charge in [0.15, 0.2) is 12.2 Å². The molecule has 0 saturated heterocycles. The van der Waals surface area contributed by atoms with Gasteiger partial charge in [-0.05, 0) is 31.6 Å². The van der Waals surface area contributed by atoms with E-state index in [1.807, 2.05) is 0 Å². The van der Waals surface area contributed by atoms with E-state index in [-0.39, 0.29) is 25.7 Å². The molecule has 0 aromatic rings. The number of carbonyl (C=O) groups excluding carboxylic acids is 4. The minimum Gasteiger partial charge on any atom is -0.462 e. The third-order valence-corrected chi connectivity index (χ3v) is 17.2. The lowest BCUT2D eigenvalue weighted by atomic mass is 10.0. The smallest absolute Gasteiger partial charge is 0.462 e. The zero-order valence-corrected chi connectivity index (χ0v) is 56.5. The zero-order chi connectivity index (χ0) is 62.8. The van der Waals surface area contributed by atoms with Gasteiger partial charge >= 0.3 is 39.5 Å². The number of aliphatic hydroxyl groups excluding tert-OH is 1. The van der Waals surface area contributed by atoms with Gasteiger partial charge in [0.25, 0.3) is 0 Å². The summed E-state index contributed by atoms with van der Waals surface area (Å²) in [5.74, 6) is -1.44. The van der Waals surface area contributed by atoms with Gasteiger partial charge in [-0.25, -0.2) is 9.13 Å². The molecule has 85 heavy (non-hydrogen) atoms. The molecule has 0 aliphatic carbocycles. The topological polar surface area (TPSA) is 237 Å². The van der Waals surface area contributed by atoms with E-state index in [1.54, 1.807) is 0 Å². The fourth-order valence-electron chi connectivity index (χ4n) is 9.94. The molecule has 0 radical (unpaired) electrons. The van der Waals surface area contributed by atoms with E-state index in [0.29, 0.717) is 31.6 Å². The largest absolute Gasteiger partial charge is 0.472 e. The molecule has 0 saturated carbocycles. The van der Waals surface area contributed by atoms with Crippen LogP contribution in [0.25, 0.3) is 0 Å². The van der Waals surface area contributed by atoms with Gasteiger partial charge in [0.05, 0.1) is 26.4 Å². The molecule has 0 amide bonds. The summed E-state index contributed by atoms with van der Waals surface area (Å²) in [6.07, 6.45) is 45.3. The van der Waals surface area contributed by atoms with Crippen molar-refractivity contribution in [1.82, 2.24) is 0 Å². The number of ether oxygens (including phenoxy) is 4. The third kappa shape index (κ3) is 60.7. The van der Waals surface area contributed by atoms with Crippen LogP contribution >= 0.6 is 15.6 Å². The Morgan fingerprint density at radius 3 is 0.800 bits per heavy atom. The summed E-state index contributed by atoms with van der Waals surface area (Å²) in [6.45, 7) is 7.03. The number of phosphoric acid groups is 2. The highest BCUT2D eigenvalue weighted by Crippen LogP contribution is 2.45. The Morgan fingerprint density at radius 1 is 0.318 bits per heavy atom. The summed E-state index contributed by atoms with van der Waals surface area (Å²) in [6, 6.07) is 0. The number of unbranched alkanes of at least 4 members (excludes halogenated alkanes) is 38. The van der Waals surface area contributed by atoms with Crippen LogP contribution in [0.2, 0.25) is 0 Å². The molecular formula is C66H128O17P2. The van der Waals surface area contributed by atoms with E-state index < -0.39 is 97.5 Å². The first-order valence-corrected chi connectivity index (χ1v) is 37.6. The Kier molecular flexibility index (Phi) is 58.3. The second-order valence-electron chi connectivity index (χ2n) is 24.3. The highest BCUT2D eigenvalue weighted by atomic mass is 31.2. The summed E-state index contributed by atoms with van der Waals surface area (Å²) < 4.78 is 67.7. The minimum absolute atomic E-state index is 0.104. The summed E-state index contributed by atoms with van der Waals surface area (Å²) in [5, 5.41) is 10.5. The first-order valence-electron chi connectivity index (χ1n) is 34.6. The highest BCUT2D eigenvalue weighted by Gasteiger charge is 2.30. The minimum atomic E-state index is -4.94. The molecule has 0 spiro atoms. The van der Waals surface area contributed by atoms with Crippen LogP contribution in [0.4, 0.5) is 0 Å². The van der Waals surface area contributed by atoms with Crippen LogP contribution in [-0.2, 0) is 65.4 Å². The van der Waals surface area contributed by atoms with Crippen molar-refractivity contribution in [2.45, 2.75) is 355 Å². The predicted molar refractivity (Wildman–Crippen MR) is 340 cm³/mol. The van der Waals surface area contributed by atoms with Crippen molar-refractivity contribution < 1.29 is 80.2 Å². The normalized spacial score (nSPS) is 14.2. The van der Waals surface area contributed by atoms with E-state index in [4.69, 9.17) is 37.0 Å². The average Bonchev–Trinajstić information content (AvgIpc) is 3.57. The van der Waals surface area contributed by atoms with Crippen LogP contribution in [-0.4, -0.2) is 96.7 Å². The Hall–Kier alpha value is -1.94. The summed E-state index contributed by atoms with van der Waals surface area (Å²) in [5.41, 5.74) is 0. The fourth-order valence-corrected chi connectivity index (χ4v) is 11.5. The molecule has 0 rings (SSSR count). The molecule has 17 nitrogen and oxygen atoms in total. The summed E-state index contributed by atoms with van der Waals surface area (Å²) in [4.78, 5) is 71.9. The van der Waals surface area contributed by atoms with Gasteiger partial charge in [-0.15, -0.1) is 0 Å². The Bertz CT molecular complexity index is 1650. The van der Waals surface area contributed by atoms with E-state index in [2.05, 4.69) is 34.6 Å².